The zero-order valence-electron chi connectivity index (χ0n) is 20.0. The Kier molecular flexibility index (Phi) is 8.50. The lowest BCUT2D eigenvalue weighted by Crippen LogP contribution is -2.44. The number of oxazole rings is 1. The average molecular weight is 546 g/mol. The summed E-state index contributed by atoms with van der Waals surface area (Å²) in [4.78, 5) is 41.2. The number of esters is 2. The molecule has 0 aliphatic heterocycles. The quantitative estimate of drug-likeness (QED) is 0.383. The van der Waals surface area contributed by atoms with Gasteiger partial charge in [-0.3, -0.25) is 9.59 Å². The third kappa shape index (κ3) is 7.81. The Labute approximate surface area is 211 Å². The van der Waals surface area contributed by atoms with E-state index in [0.717, 1.165) is 10.0 Å². The predicted octanol–water partition coefficient (Wildman–Crippen LogP) is 4.25. The number of rotatable bonds is 9. The summed E-state index contributed by atoms with van der Waals surface area (Å²) in [5, 5.41) is 5.69. The maximum Gasteiger partial charge on any atom is 0.331 e. The molecule has 0 spiro atoms. The first-order chi connectivity index (χ1) is 16.5. The van der Waals surface area contributed by atoms with Crippen LogP contribution in [0.15, 0.2) is 51.4 Å². The van der Waals surface area contributed by atoms with Crippen LogP contribution in [0.5, 0.6) is 0 Å². The number of carbonyl (C=O) groups excluding carboxylic acids is 3. The first kappa shape index (κ1) is 26.2. The molecule has 2 N–H and O–H groups in total. The van der Waals surface area contributed by atoms with Gasteiger partial charge in [0.15, 0.2) is 5.58 Å². The van der Waals surface area contributed by atoms with Crippen molar-refractivity contribution in [2.75, 3.05) is 19.0 Å². The molecule has 0 bridgehead atoms. The van der Waals surface area contributed by atoms with Crippen LogP contribution < -0.4 is 10.6 Å². The minimum absolute atomic E-state index is 0.0553. The van der Waals surface area contributed by atoms with Gasteiger partial charge >= 0.3 is 11.9 Å². The lowest BCUT2D eigenvalue weighted by molar-refractivity contribution is -0.155. The molecule has 35 heavy (non-hydrogen) atoms. The number of methoxy groups -OCH3 is 1. The maximum atomic E-state index is 12.8. The number of hydrogen-bond acceptors (Lipinski definition) is 8. The van der Waals surface area contributed by atoms with Crippen molar-refractivity contribution >= 4 is 50.9 Å². The zero-order chi connectivity index (χ0) is 25.6. The normalized spacial score (nSPS) is 12.1. The summed E-state index contributed by atoms with van der Waals surface area (Å²) >= 11 is 3.39. The second-order valence-electron chi connectivity index (χ2n) is 8.84. The van der Waals surface area contributed by atoms with Crippen LogP contribution in [0.2, 0.25) is 0 Å². The third-order valence-electron chi connectivity index (χ3n) is 4.87. The number of benzene rings is 2. The fraction of sp³-hybridized carbons (Fsp3) is 0.360. The Hall–Kier alpha value is -3.40. The number of nitrogens with one attached hydrogen (secondary N) is 2. The van der Waals surface area contributed by atoms with Gasteiger partial charge in [-0.25, -0.2) is 4.79 Å². The topological polar surface area (TPSA) is 120 Å². The summed E-state index contributed by atoms with van der Waals surface area (Å²) in [6.07, 6.45) is 0.776. The Bertz CT molecular complexity index is 1200. The molecule has 1 amide bonds. The second kappa shape index (κ2) is 11.4. The molecule has 0 saturated heterocycles. The van der Waals surface area contributed by atoms with Crippen molar-refractivity contribution in [1.29, 1.82) is 0 Å². The number of fused-ring (bicyclic) bond motifs is 1. The first-order valence-electron chi connectivity index (χ1n) is 11.0. The van der Waals surface area contributed by atoms with Gasteiger partial charge in [0.25, 0.3) is 11.9 Å². The van der Waals surface area contributed by atoms with Gasteiger partial charge in [0.1, 0.15) is 17.2 Å². The van der Waals surface area contributed by atoms with Gasteiger partial charge in [-0.2, -0.15) is 4.98 Å². The fourth-order valence-corrected chi connectivity index (χ4v) is 3.49. The highest BCUT2D eigenvalue weighted by Crippen LogP contribution is 2.23. The molecule has 3 aromatic rings. The molecule has 10 heteroatoms. The van der Waals surface area contributed by atoms with E-state index >= 15 is 0 Å². The van der Waals surface area contributed by atoms with E-state index in [1.807, 2.05) is 6.07 Å². The van der Waals surface area contributed by atoms with Crippen molar-refractivity contribution in [1.82, 2.24) is 10.3 Å². The maximum absolute atomic E-state index is 12.8. The predicted molar refractivity (Wildman–Crippen MR) is 134 cm³/mol. The van der Waals surface area contributed by atoms with Crippen LogP contribution in [-0.4, -0.2) is 48.1 Å². The highest BCUT2D eigenvalue weighted by Gasteiger charge is 2.27. The number of aromatic nitrogens is 1. The molecule has 1 aromatic heterocycles. The van der Waals surface area contributed by atoms with Gasteiger partial charge in [-0.15, -0.1) is 0 Å². The SMILES string of the molecule is COC(=O)CCc1ccc(C(=O)NC[C@H](Nc2nc3cc(Br)ccc3o2)C(=O)OC(C)(C)C)cc1. The van der Waals surface area contributed by atoms with E-state index in [0.29, 0.717) is 23.1 Å². The number of carbonyl (C=O) groups is 3. The van der Waals surface area contributed by atoms with Crippen molar-refractivity contribution in [3.63, 3.8) is 0 Å². The van der Waals surface area contributed by atoms with Crippen LogP contribution in [0.1, 0.15) is 43.1 Å². The average Bonchev–Trinajstić information content (AvgIpc) is 3.20. The Morgan fingerprint density at radius 1 is 1.11 bits per heavy atom. The van der Waals surface area contributed by atoms with Gasteiger partial charge in [0.05, 0.1) is 7.11 Å². The molecule has 0 radical (unpaired) electrons. The molecular weight excluding hydrogens is 518 g/mol. The van der Waals surface area contributed by atoms with Crippen molar-refractivity contribution in [2.24, 2.45) is 0 Å². The van der Waals surface area contributed by atoms with Gasteiger partial charge < -0.3 is 24.5 Å². The van der Waals surface area contributed by atoms with E-state index in [9.17, 15) is 14.4 Å². The summed E-state index contributed by atoms with van der Waals surface area (Å²) in [7, 11) is 1.35. The van der Waals surface area contributed by atoms with Gasteiger partial charge in [-0.05, 0) is 63.1 Å². The van der Waals surface area contributed by atoms with E-state index < -0.39 is 17.6 Å². The summed E-state index contributed by atoms with van der Waals surface area (Å²) in [6, 6.07) is 11.5. The van der Waals surface area contributed by atoms with E-state index in [4.69, 9.17) is 9.15 Å². The number of anilines is 1. The Morgan fingerprint density at radius 3 is 2.49 bits per heavy atom. The Morgan fingerprint density at radius 2 is 1.83 bits per heavy atom. The lowest BCUT2D eigenvalue weighted by Gasteiger charge is -2.24. The minimum atomic E-state index is -0.936. The second-order valence-corrected chi connectivity index (χ2v) is 9.76. The van der Waals surface area contributed by atoms with E-state index in [1.54, 1.807) is 57.2 Å². The molecule has 0 fully saturated rings. The number of amides is 1. The highest BCUT2D eigenvalue weighted by atomic mass is 79.9. The van der Waals surface area contributed by atoms with E-state index in [-0.39, 0.29) is 30.9 Å². The molecule has 0 unspecified atom stereocenters. The van der Waals surface area contributed by atoms with Crippen molar-refractivity contribution in [3.05, 3.63) is 58.1 Å². The molecule has 0 aliphatic carbocycles. The van der Waals surface area contributed by atoms with Crippen LogP contribution >= 0.6 is 15.9 Å². The largest absolute Gasteiger partial charge is 0.469 e. The summed E-state index contributed by atoms with van der Waals surface area (Å²) in [5.74, 6) is -1.21. The van der Waals surface area contributed by atoms with Crippen LogP contribution in [0.25, 0.3) is 11.1 Å². The fourth-order valence-electron chi connectivity index (χ4n) is 3.15. The van der Waals surface area contributed by atoms with E-state index in [2.05, 4.69) is 36.3 Å². The highest BCUT2D eigenvalue weighted by molar-refractivity contribution is 9.10. The molecule has 1 atom stereocenters. The molecule has 9 nitrogen and oxygen atoms in total. The summed E-state index contributed by atoms with van der Waals surface area (Å²) < 4.78 is 16.7. The molecular formula is C25H28BrN3O6. The standard InChI is InChI=1S/C25H28BrN3O6/c1-25(2,3)35-23(32)19(29-24-28-18-13-17(26)10-11-20(18)34-24)14-27-22(31)16-8-5-15(6-9-16)7-12-21(30)33-4/h5-6,8-11,13,19H,7,12,14H2,1-4H3,(H,27,31)(H,28,29)/t19-/m0/s1. The third-order valence-corrected chi connectivity index (χ3v) is 5.36. The number of nitrogens with zero attached hydrogens (tertiary/aromatic N) is 1. The number of hydrogen-bond donors (Lipinski definition) is 2. The molecule has 0 saturated carbocycles. The van der Waals surface area contributed by atoms with Gasteiger partial charge in [0.2, 0.25) is 0 Å². The van der Waals surface area contributed by atoms with Crippen LogP contribution in [0.3, 0.4) is 0 Å². The Balaban J connectivity index is 1.68. The number of ether oxygens (including phenoxy) is 2. The van der Waals surface area contributed by atoms with Crippen molar-refractivity contribution < 1.29 is 28.3 Å². The van der Waals surface area contributed by atoms with Crippen LogP contribution in [0.4, 0.5) is 6.01 Å². The molecule has 2 aromatic carbocycles. The lowest BCUT2D eigenvalue weighted by atomic mass is 10.1. The first-order valence-corrected chi connectivity index (χ1v) is 11.8. The minimum Gasteiger partial charge on any atom is -0.469 e. The molecule has 3 rings (SSSR count). The van der Waals surface area contributed by atoms with Crippen LogP contribution in [-0.2, 0) is 25.5 Å². The number of aryl methyl sites for hydroxylation is 1. The summed E-state index contributed by atoms with van der Waals surface area (Å²) in [5.41, 5.74) is 1.77. The monoisotopic (exact) mass is 545 g/mol. The van der Waals surface area contributed by atoms with Gasteiger partial charge in [-0.1, -0.05) is 28.1 Å². The number of halogens is 1. The smallest absolute Gasteiger partial charge is 0.331 e. The molecule has 186 valence electrons. The summed E-state index contributed by atoms with van der Waals surface area (Å²) in [6.45, 7) is 5.23. The molecule has 0 aliphatic rings. The molecule has 1 heterocycles. The van der Waals surface area contributed by atoms with Gasteiger partial charge in [0, 0.05) is 23.0 Å². The van der Waals surface area contributed by atoms with E-state index in [1.165, 1.54) is 7.11 Å². The van der Waals surface area contributed by atoms with Crippen molar-refractivity contribution in [2.45, 2.75) is 45.3 Å². The van der Waals surface area contributed by atoms with Crippen molar-refractivity contribution in [3.8, 4) is 0 Å². The zero-order valence-corrected chi connectivity index (χ0v) is 21.6. The van der Waals surface area contributed by atoms with Crippen LogP contribution in [0, 0.1) is 0 Å².